The zero-order valence-electron chi connectivity index (χ0n) is 17.3. The third-order valence-corrected chi connectivity index (χ3v) is 4.97. The summed E-state index contributed by atoms with van der Waals surface area (Å²) in [7, 11) is 1.74. The topological polar surface area (TPSA) is 148 Å². The summed E-state index contributed by atoms with van der Waals surface area (Å²) in [6.07, 6.45) is 3.84. The Balaban J connectivity index is 2.28. The Morgan fingerprint density at radius 3 is 2.81 bits per heavy atom. The van der Waals surface area contributed by atoms with Crippen LogP contribution in [0.3, 0.4) is 0 Å². The second-order valence-corrected chi connectivity index (χ2v) is 6.98. The molecule has 2 bridgehead atoms. The van der Waals surface area contributed by atoms with E-state index in [1.807, 2.05) is 6.07 Å². The molecule has 0 aliphatic carbocycles. The maximum absolute atomic E-state index is 14.1. The SMILES string of the molecule is CN/C=C1/CN=C(C(C#N)=CN)c2cnc(N)c(c2)O[C@H](C)c2cc(F)ccc2C1N. The molecule has 1 aliphatic rings. The van der Waals surface area contributed by atoms with Crippen molar-refractivity contribution in [2.24, 2.45) is 16.5 Å². The number of aliphatic imine (C=N–C) groups is 1. The van der Waals surface area contributed by atoms with Crippen LogP contribution in [0.5, 0.6) is 5.75 Å². The summed E-state index contributed by atoms with van der Waals surface area (Å²) in [5.74, 6) is 0.0298. The molecule has 3 rings (SSSR count). The van der Waals surface area contributed by atoms with Crippen LogP contribution in [0, 0.1) is 17.1 Å². The van der Waals surface area contributed by atoms with Crippen LogP contribution in [-0.2, 0) is 0 Å². The number of hydrogen-bond donors (Lipinski definition) is 4. The Labute approximate surface area is 179 Å². The number of ether oxygens (including phenoxy) is 1. The van der Waals surface area contributed by atoms with Crippen LogP contribution >= 0.6 is 0 Å². The van der Waals surface area contributed by atoms with Crippen molar-refractivity contribution < 1.29 is 9.13 Å². The lowest BCUT2D eigenvalue weighted by Crippen LogP contribution is -2.22. The number of benzene rings is 1. The van der Waals surface area contributed by atoms with Crippen molar-refractivity contribution in [3.63, 3.8) is 0 Å². The molecule has 1 aliphatic heterocycles. The van der Waals surface area contributed by atoms with E-state index in [0.29, 0.717) is 22.4 Å². The van der Waals surface area contributed by atoms with E-state index in [1.54, 1.807) is 32.3 Å². The molecule has 0 amide bonds. The van der Waals surface area contributed by atoms with Gasteiger partial charge in [-0.3, -0.25) is 4.99 Å². The second kappa shape index (κ2) is 9.28. The molecule has 0 radical (unpaired) electrons. The molecule has 1 aromatic heterocycles. The molecular formula is C22H24FN7O. The first kappa shape index (κ1) is 21.8. The highest BCUT2D eigenvalue weighted by Gasteiger charge is 2.23. The van der Waals surface area contributed by atoms with E-state index < -0.39 is 18.0 Å². The first-order valence-electron chi connectivity index (χ1n) is 9.60. The van der Waals surface area contributed by atoms with E-state index in [2.05, 4.69) is 15.3 Å². The summed E-state index contributed by atoms with van der Waals surface area (Å²) in [5, 5.41) is 12.5. The van der Waals surface area contributed by atoms with Gasteiger partial charge in [0.2, 0.25) is 0 Å². The summed E-state index contributed by atoms with van der Waals surface area (Å²) in [5.41, 5.74) is 21.2. The molecule has 160 valence electrons. The van der Waals surface area contributed by atoms with Gasteiger partial charge in [-0.15, -0.1) is 0 Å². The Kier molecular flexibility index (Phi) is 6.52. The number of nitrogens with two attached hydrogens (primary N) is 3. The third kappa shape index (κ3) is 4.49. The van der Waals surface area contributed by atoms with Crippen LogP contribution in [0.2, 0.25) is 0 Å². The largest absolute Gasteiger partial charge is 0.482 e. The van der Waals surface area contributed by atoms with Gasteiger partial charge in [0, 0.05) is 30.6 Å². The zero-order valence-corrected chi connectivity index (χ0v) is 17.3. The average Bonchev–Trinajstić information content (AvgIpc) is 2.76. The Morgan fingerprint density at radius 1 is 1.35 bits per heavy atom. The number of anilines is 1. The molecule has 2 aromatic rings. The number of hydrogen-bond acceptors (Lipinski definition) is 8. The van der Waals surface area contributed by atoms with Gasteiger partial charge < -0.3 is 27.3 Å². The van der Waals surface area contributed by atoms with E-state index in [0.717, 1.165) is 5.57 Å². The third-order valence-electron chi connectivity index (χ3n) is 4.97. The molecule has 1 unspecified atom stereocenters. The predicted octanol–water partition coefficient (Wildman–Crippen LogP) is 2.21. The van der Waals surface area contributed by atoms with Crippen molar-refractivity contribution in [1.82, 2.24) is 10.3 Å². The molecule has 2 atom stereocenters. The molecule has 0 saturated heterocycles. The van der Waals surface area contributed by atoms with Gasteiger partial charge in [-0.05, 0) is 42.5 Å². The molecule has 8 nitrogen and oxygen atoms in total. The van der Waals surface area contributed by atoms with Gasteiger partial charge in [-0.25, -0.2) is 9.37 Å². The van der Waals surface area contributed by atoms with Crippen molar-refractivity contribution >= 4 is 11.5 Å². The smallest absolute Gasteiger partial charge is 0.166 e. The Bertz CT molecular complexity index is 1120. The van der Waals surface area contributed by atoms with Gasteiger partial charge in [0.05, 0.1) is 23.9 Å². The quantitative estimate of drug-likeness (QED) is 0.543. The summed E-state index contributed by atoms with van der Waals surface area (Å²) < 4.78 is 20.1. The fourth-order valence-corrected chi connectivity index (χ4v) is 3.40. The Hall–Kier alpha value is -3.90. The lowest BCUT2D eigenvalue weighted by molar-refractivity contribution is 0.225. The highest BCUT2D eigenvalue weighted by atomic mass is 19.1. The highest BCUT2D eigenvalue weighted by molar-refractivity contribution is 6.15. The summed E-state index contributed by atoms with van der Waals surface area (Å²) in [6.45, 7) is 1.95. The van der Waals surface area contributed by atoms with Crippen LogP contribution in [0.4, 0.5) is 10.2 Å². The number of aromatic nitrogens is 1. The maximum atomic E-state index is 14.1. The molecule has 1 aromatic carbocycles. The maximum Gasteiger partial charge on any atom is 0.166 e. The summed E-state index contributed by atoms with van der Waals surface area (Å²) in [4.78, 5) is 8.79. The monoisotopic (exact) mass is 421 g/mol. The number of nitriles is 1. The fraction of sp³-hybridized carbons (Fsp3) is 0.227. The van der Waals surface area contributed by atoms with Crippen molar-refractivity contribution in [2.45, 2.75) is 19.1 Å². The number of nitrogens with zero attached hydrogens (tertiary/aromatic N) is 3. The normalized spacial score (nSPS) is 20.4. The minimum atomic E-state index is -0.597. The highest BCUT2D eigenvalue weighted by Crippen LogP contribution is 2.33. The summed E-state index contributed by atoms with van der Waals surface area (Å²) >= 11 is 0. The van der Waals surface area contributed by atoms with Crippen LogP contribution in [0.15, 0.2) is 59.0 Å². The van der Waals surface area contributed by atoms with Gasteiger partial charge in [0.1, 0.15) is 18.0 Å². The molecule has 0 spiro atoms. The number of allylic oxidation sites excluding steroid dienone is 1. The van der Waals surface area contributed by atoms with Gasteiger partial charge in [0.15, 0.2) is 11.6 Å². The first-order chi connectivity index (χ1) is 14.9. The van der Waals surface area contributed by atoms with E-state index in [4.69, 9.17) is 21.9 Å². The minimum Gasteiger partial charge on any atom is -0.482 e. The standard InChI is InChI=1S/C22H24FN7O/c1-12-18-6-16(23)3-4-17(18)20(26)15(9-28-2)11-29-21(14(7-24)8-25)13-5-19(31-12)22(27)30-10-13/h3-7,9-10,12,20,28H,11,24,26H2,1-2H3,(H2,27,30)/b14-7?,15-9-,29-21?/t12-,20?/m1/s1. The lowest BCUT2D eigenvalue weighted by atomic mass is 9.92. The van der Waals surface area contributed by atoms with Crippen molar-refractivity contribution in [2.75, 3.05) is 19.3 Å². The van der Waals surface area contributed by atoms with Crippen LogP contribution in [0.25, 0.3) is 0 Å². The molecule has 31 heavy (non-hydrogen) atoms. The van der Waals surface area contributed by atoms with Crippen molar-refractivity contribution in [3.05, 3.63) is 76.5 Å². The molecule has 0 saturated carbocycles. The number of nitrogen functional groups attached to an aromatic ring is 1. The van der Waals surface area contributed by atoms with Crippen LogP contribution < -0.4 is 27.3 Å². The first-order valence-corrected chi connectivity index (χ1v) is 9.60. The zero-order chi connectivity index (χ0) is 22.5. The van der Waals surface area contributed by atoms with Gasteiger partial charge in [-0.1, -0.05) is 6.07 Å². The lowest BCUT2D eigenvalue weighted by Gasteiger charge is -2.24. The van der Waals surface area contributed by atoms with Gasteiger partial charge in [0.25, 0.3) is 0 Å². The van der Waals surface area contributed by atoms with Crippen molar-refractivity contribution in [3.8, 4) is 11.8 Å². The fourth-order valence-electron chi connectivity index (χ4n) is 3.40. The molecule has 2 heterocycles. The number of halogens is 1. The summed E-state index contributed by atoms with van der Waals surface area (Å²) in [6, 6.07) is 7.47. The van der Waals surface area contributed by atoms with Crippen LogP contribution in [-0.4, -0.2) is 24.3 Å². The van der Waals surface area contributed by atoms with E-state index in [1.165, 1.54) is 24.5 Å². The number of rotatable bonds is 2. The Morgan fingerprint density at radius 2 is 2.13 bits per heavy atom. The van der Waals surface area contributed by atoms with Crippen LogP contribution in [0.1, 0.15) is 35.8 Å². The number of pyridine rings is 1. The van der Waals surface area contributed by atoms with E-state index in [9.17, 15) is 9.65 Å². The van der Waals surface area contributed by atoms with E-state index >= 15 is 0 Å². The molecule has 0 fully saturated rings. The van der Waals surface area contributed by atoms with E-state index in [-0.39, 0.29) is 23.7 Å². The molecular weight excluding hydrogens is 397 g/mol. The second-order valence-electron chi connectivity index (χ2n) is 6.98. The predicted molar refractivity (Wildman–Crippen MR) is 117 cm³/mol. The van der Waals surface area contributed by atoms with Crippen molar-refractivity contribution in [1.29, 1.82) is 5.26 Å². The van der Waals surface area contributed by atoms with Gasteiger partial charge >= 0.3 is 0 Å². The molecule has 9 heteroatoms. The number of nitrogens with one attached hydrogen (secondary N) is 1. The molecule has 7 N–H and O–H groups in total. The minimum absolute atomic E-state index is 0.153. The number of fused-ring (bicyclic) bond motifs is 3. The van der Waals surface area contributed by atoms with Gasteiger partial charge in [-0.2, -0.15) is 5.26 Å². The average molecular weight is 421 g/mol.